The van der Waals surface area contributed by atoms with Gasteiger partial charge >= 0.3 is 0 Å². The molecular weight excluding hydrogens is 332 g/mol. The van der Waals surface area contributed by atoms with Crippen molar-refractivity contribution in [1.82, 2.24) is 9.97 Å². The molecular formula is C16H13BrN2O2. The summed E-state index contributed by atoms with van der Waals surface area (Å²) in [6, 6.07) is 12.2. The Morgan fingerprint density at radius 1 is 0.952 bits per heavy atom. The molecule has 0 saturated carbocycles. The number of halogens is 1. The van der Waals surface area contributed by atoms with Crippen molar-refractivity contribution in [2.75, 3.05) is 6.79 Å². The highest BCUT2D eigenvalue weighted by molar-refractivity contribution is 9.10. The minimum Gasteiger partial charge on any atom is -0.454 e. The van der Waals surface area contributed by atoms with E-state index in [0.29, 0.717) is 0 Å². The standard InChI is InChI=1S/C16H13BrN2O2/c17-11-8-15-14(20-9-21-15)7-10(11)16(12-3-1-5-18-12)13-4-2-6-19-13/h1-8,16,18-19H,9H2. The van der Waals surface area contributed by atoms with Gasteiger partial charge in [-0.15, -0.1) is 0 Å². The molecule has 5 heteroatoms. The Balaban J connectivity index is 1.88. The van der Waals surface area contributed by atoms with E-state index in [1.54, 1.807) is 0 Å². The fraction of sp³-hybridized carbons (Fsp3) is 0.125. The quantitative estimate of drug-likeness (QED) is 0.753. The number of nitrogens with one attached hydrogen (secondary N) is 2. The lowest BCUT2D eigenvalue weighted by Crippen LogP contribution is -2.05. The van der Waals surface area contributed by atoms with Crippen LogP contribution in [0.15, 0.2) is 53.3 Å². The molecule has 4 nitrogen and oxygen atoms in total. The van der Waals surface area contributed by atoms with E-state index in [4.69, 9.17) is 9.47 Å². The van der Waals surface area contributed by atoms with Gasteiger partial charge in [0.15, 0.2) is 11.5 Å². The summed E-state index contributed by atoms with van der Waals surface area (Å²) in [6.45, 7) is 0.279. The van der Waals surface area contributed by atoms with Crippen LogP contribution in [0.2, 0.25) is 0 Å². The van der Waals surface area contributed by atoms with E-state index in [1.807, 2.05) is 36.7 Å². The van der Waals surface area contributed by atoms with Gasteiger partial charge in [-0.05, 0) is 42.0 Å². The van der Waals surface area contributed by atoms with Crippen LogP contribution < -0.4 is 9.47 Å². The number of benzene rings is 1. The average molecular weight is 345 g/mol. The summed E-state index contributed by atoms with van der Waals surface area (Å²) in [5.41, 5.74) is 3.37. The van der Waals surface area contributed by atoms with Gasteiger partial charge in [-0.3, -0.25) is 0 Å². The smallest absolute Gasteiger partial charge is 0.231 e. The summed E-state index contributed by atoms with van der Waals surface area (Å²) in [5.74, 6) is 1.65. The maximum atomic E-state index is 5.52. The fourth-order valence-electron chi connectivity index (χ4n) is 2.70. The van der Waals surface area contributed by atoms with E-state index in [0.717, 1.165) is 32.9 Å². The van der Waals surface area contributed by atoms with Crippen molar-refractivity contribution in [3.8, 4) is 11.5 Å². The van der Waals surface area contributed by atoms with Crippen LogP contribution in [0.3, 0.4) is 0 Å². The molecule has 2 aromatic heterocycles. The second-order valence-electron chi connectivity index (χ2n) is 4.91. The van der Waals surface area contributed by atoms with Gasteiger partial charge in [0.25, 0.3) is 0 Å². The van der Waals surface area contributed by atoms with Crippen molar-refractivity contribution in [2.45, 2.75) is 5.92 Å². The maximum absolute atomic E-state index is 5.52. The van der Waals surface area contributed by atoms with Crippen LogP contribution in [-0.2, 0) is 0 Å². The zero-order valence-electron chi connectivity index (χ0n) is 11.1. The molecule has 0 amide bonds. The summed E-state index contributed by atoms with van der Waals surface area (Å²) < 4.78 is 11.9. The van der Waals surface area contributed by atoms with Gasteiger partial charge in [-0.25, -0.2) is 0 Å². The molecule has 4 rings (SSSR count). The number of hydrogen-bond donors (Lipinski definition) is 2. The Labute approximate surface area is 130 Å². The molecule has 3 heterocycles. The first-order chi connectivity index (χ1) is 10.3. The van der Waals surface area contributed by atoms with Crippen LogP contribution in [0.25, 0.3) is 0 Å². The second-order valence-corrected chi connectivity index (χ2v) is 5.77. The monoisotopic (exact) mass is 344 g/mol. The number of fused-ring (bicyclic) bond motifs is 1. The molecule has 0 radical (unpaired) electrons. The minimum atomic E-state index is 0.0823. The predicted molar refractivity (Wildman–Crippen MR) is 82.8 cm³/mol. The van der Waals surface area contributed by atoms with Crippen LogP contribution in [0.5, 0.6) is 11.5 Å². The highest BCUT2D eigenvalue weighted by atomic mass is 79.9. The van der Waals surface area contributed by atoms with Crippen molar-refractivity contribution in [2.24, 2.45) is 0 Å². The van der Waals surface area contributed by atoms with Crippen LogP contribution in [-0.4, -0.2) is 16.8 Å². The molecule has 0 bridgehead atoms. The third kappa shape index (κ3) is 2.14. The Kier molecular flexibility index (Phi) is 3.00. The SMILES string of the molecule is Brc1cc2c(cc1C(c1ccc[nH]1)c1ccc[nH]1)OCO2. The number of aromatic amines is 2. The molecule has 0 aliphatic carbocycles. The lowest BCUT2D eigenvalue weighted by Gasteiger charge is -2.17. The van der Waals surface area contributed by atoms with Crippen molar-refractivity contribution < 1.29 is 9.47 Å². The molecule has 3 aromatic rings. The molecule has 0 fully saturated rings. The van der Waals surface area contributed by atoms with Crippen LogP contribution >= 0.6 is 15.9 Å². The summed E-state index contributed by atoms with van der Waals surface area (Å²) in [5, 5.41) is 0. The molecule has 1 aliphatic rings. The normalized spacial score (nSPS) is 13.0. The number of H-pyrrole nitrogens is 2. The van der Waals surface area contributed by atoms with Gasteiger partial charge in [0.05, 0.1) is 5.92 Å². The Hall–Kier alpha value is -2.14. The van der Waals surface area contributed by atoms with Gasteiger partial charge in [0.1, 0.15) is 0 Å². The van der Waals surface area contributed by atoms with Crippen LogP contribution in [0, 0.1) is 0 Å². The molecule has 0 unspecified atom stereocenters. The summed E-state index contributed by atoms with van der Waals surface area (Å²) in [7, 11) is 0. The Bertz CT molecular complexity index is 717. The summed E-state index contributed by atoms with van der Waals surface area (Å²) in [6.07, 6.45) is 3.87. The minimum absolute atomic E-state index is 0.0823. The van der Waals surface area contributed by atoms with E-state index < -0.39 is 0 Å². The van der Waals surface area contributed by atoms with Crippen LogP contribution in [0.1, 0.15) is 22.9 Å². The van der Waals surface area contributed by atoms with E-state index in [2.05, 4.69) is 38.0 Å². The Morgan fingerprint density at radius 2 is 1.57 bits per heavy atom. The van der Waals surface area contributed by atoms with Crippen molar-refractivity contribution in [3.05, 3.63) is 70.2 Å². The largest absolute Gasteiger partial charge is 0.454 e. The van der Waals surface area contributed by atoms with Gasteiger partial charge in [0, 0.05) is 28.3 Å². The zero-order chi connectivity index (χ0) is 14.2. The molecule has 1 aromatic carbocycles. The average Bonchev–Trinajstić information content (AvgIpc) is 3.21. The van der Waals surface area contributed by atoms with Crippen molar-refractivity contribution >= 4 is 15.9 Å². The van der Waals surface area contributed by atoms with E-state index in [1.165, 1.54) is 0 Å². The van der Waals surface area contributed by atoms with Crippen molar-refractivity contribution in [1.29, 1.82) is 0 Å². The zero-order valence-corrected chi connectivity index (χ0v) is 12.7. The van der Waals surface area contributed by atoms with Gasteiger partial charge in [0.2, 0.25) is 6.79 Å². The molecule has 1 aliphatic heterocycles. The number of rotatable bonds is 3. The first kappa shape index (κ1) is 12.6. The Morgan fingerprint density at radius 3 is 2.14 bits per heavy atom. The number of hydrogen-bond acceptors (Lipinski definition) is 2. The predicted octanol–water partition coefficient (Wildman–Crippen LogP) is 4.01. The molecule has 0 saturated heterocycles. The molecule has 106 valence electrons. The van der Waals surface area contributed by atoms with Crippen molar-refractivity contribution in [3.63, 3.8) is 0 Å². The third-order valence-corrected chi connectivity index (χ3v) is 4.36. The highest BCUT2D eigenvalue weighted by Gasteiger charge is 2.25. The second kappa shape index (κ2) is 5.00. The first-order valence-electron chi connectivity index (χ1n) is 6.68. The molecule has 21 heavy (non-hydrogen) atoms. The topological polar surface area (TPSA) is 50.0 Å². The van der Waals surface area contributed by atoms with E-state index in [9.17, 15) is 0 Å². The number of aromatic nitrogens is 2. The number of ether oxygens (including phenoxy) is 2. The first-order valence-corrected chi connectivity index (χ1v) is 7.48. The van der Waals surface area contributed by atoms with E-state index >= 15 is 0 Å². The molecule has 2 N–H and O–H groups in total. The lowest BCUT2D eigenvalue weighted by molar-refractivity contribution is 0.174. The summed E-state index contributed by atoms with van der Waals surface area (Å²) in [4.78, 5) is 6.61. The van der Waals surface area contributed by atoms with Crippen LogP contribution in [0.4, 0.5) is 0 Å². The third-order valence-electron chi connectivity index (χ3n) is 3.67. The lowest BCUT2D eigenvalue weighted by atomic mass is 9.92. The van der Waals surface area contributed by atoms with Gasteiger partial charge in [-0.1, -0.05) is 15.9 Å². The van der Waals surface area contributed by atoms with Gasteiger partial charge in [-0.2, -0.15) is 0 Å². The molecule has 0 spiro atoms. The highest BCUT2D eigenvalue weighted by Crippen LogP contribution is 2.42. The molecule has 0 atom stereocenters. The maximum Gasteiger partial charge on any atom is 0.231 e. The van der Waals surface area contributed by atoms with E-state index in [-0.39, 0.29) is 12.7 Å². The van der Waals surface area contributed by atoms with Gasteiger partial charge < -0.3 is 19.4 Å². The summed E-state index contributed by atoms with van der Waals surface area (Å²) >= 11 is 3.66. The fourth-order valence-corrected chi connectivity index (χ4v) is 3.26.